The molecule has 0 bridgehead atoms. The Hall–Kier alpha value is -2.44. The Bertz CT molecular complexity index is 809. The molecule has 0 radical (unpaired) electrons. The van der Waals surface area contributed by atoms with E-state index in [4.69, 9.17) is 4.74 Å². The second-order valence-electron chi connectivity index (χ2n) is 5.93. The quantitative estimate of drug-likeness (QED) is 0.886. The zero-order valence-corrected chi connectivity index (χ0v) is 12.7. The Labute approximate surface area is 126 Å². The number of nitrogens with zero attached hydrogens (tertiary/aromatic N) is 2. The summed E-state index contributed by atoms with van der Waals surface area (Å²) in [6, 6.07) is 1.84. The Kier molecular flexibility index (Phi) is 3.56. The summed E-state index contributed by atoms with van der Waals surface area (Å²) >= 11 is 0. The average molecular weight is 302 g/mol. The SMILES string of the molecule is COc1nnc(-c2c[nH]c(=O)[nH]c2=O)cc1[C@H]1C[C@@H]1C(C)C. The molecule has 2 heterocycles. The first kappa shape index (κ1) is 14.5. The van der Waals surface area contributed by atoms with Crippen molar-refractivity contribution in [3.63, 3.8) is 0 Å². The number of hydrogen-bond acceptors (Lipinski definition) is 5. The van der Waals surface area contributed by atoms with Crippen LogP contribution in [0.1, 0.15) is 31.7 Å². The van der Waals surface area contributed by atoms with Crippen LogP contribution in [0, 0.1) is 11.8 Å². The highest BCUT2D eigenvalue weighted by atomic mass is 16.5. The maximum atomic E-state index is 11.9. The molecule has 2 N–H and O–H groups in total. The molecule has 0 spiro atoms. The van der Waals surface area contributed by atoms with E-state index in [0.717, 1.165) is 12.0 Å². The van der Waals surface area contributed by atoms with Gasteiger partial charge in [-0.25, -0.2) is 4.79 Å². The minimum atomic E-state index is -0.544. The van der Waals surface area contributed by atoms with Crippen LogP contribution in [0.2, 0.25) is 0 Å². The van der Waals surface area contributed by atoms with Gasteiger partial charge in [0.1, 0.15) is 5.69 Å². The number of aromatic amines is 2. The number of ether oxygens (including phenoxy) is 1. The van der Waals surface area contributed by atoms with Gasteiger partial charge in [-0.2, -0.15) is 0 Å². The summed E-state index contributed by atoms with van der Waals surface area (Å²) < 4.78 is 5.30. The number of nitrogens with one attached hydrogen (secondary N) is 2. The summed E-state index contributed by atoms with van der Waals surface area (Å²) in [6.07, 6.45) is 2.44. The van der Waals surface area contributed by atoms with Crippen LogP contribution >= 0.6 is 0 Å². The summed E-state index contributed by atoms with van der Waals surface area (Å²) in [7, 11) is 1.56. The second-order valence-corrected chi connectivity index (χ2v) is 5.93. The molecule has 2 aromatic heterocycles. The van der Waals surface area contributed by atoms with E-state index in [0.29, 0.717) is 29.3 Å². The molecule has 3 rings (SSSR count). The van der Waals surface area contributed by atoms with Gasteiger partial charge >= 0.3 is 5.69 Å². The minimum Gasteiger partial charge on any atom is -0.480 e. The molecule has 0 aliphatic heterocycles. The fourth-order valence-electron chi connectivity index (χ4n) is 2.86. The van der Waals surface area contributed by atoms with E-state index in [2.05, 4.69) is 34.0 Å². The van der Waals surface area contributed by atoms with Gasteiger partial charge in [0.25, 0.3) is 5.56 Å². The molecule has 0 amide bonds. The molecule has 2 aromatic rings. The fourth-order valence-corrected chi connectivity index (χ4v) is 2.86. The van der Waals surface area contributed by atoms with E-state index in [1.807, 2.05) is 6.07 Å². The van der Waals surface area contributed by atoms with Crippen molar-refractivity contribution >= 4 is 0 Å². The molecule has 7 heteroatoms. The zero-order chi connectivity index (χ0) is 15.9. The monoisotopic (exact) mass is 302 g/mol. The van der Waals surface area contributed by atoms with Gasteiger partial charge in [-0.1, -0.05) is 13.8 Å². The van der Waals surface area contributed by atoms with Crippen LogP contribution in [0.5, 0.6) is 5.88 Å². The molecule has 7 nitrogen and oxygen atoms in total. The molecule has 1 fully saturated rings. The summed E-state index contributed by atoms with van der Waals surface area (Å²) in [6.45, 7) is 4.39. The van der Waals surface area contributed by atoms with E-state index >= 15 is 0 Å². The van der Waals surface area contributed by atoms with Crippen LogP contribution in [0.3, 0.4) is 0 Å². The maximum absolute atomic E-state index is 11.9. The number of methoxy groups -OCH3 is 1. The average Bonchev–Trinajstić information content (AvgIpc) is 3.27. The highest BCUT2D eigenvalue weighted by Gasteiger charge is 2.42. The van der Waals surface area contributed by atoms with Crippen molar-refractivity contribution in [1.29, 1.82) is 0 Å². The van der Waals surface area contributed by atoms with Crippen LogP contribution in [0.15, 0.2) is 21.9 Å². The molecule has 0 aromatic carbocycles. The lowest BCUT2D eigenvalue weighted by Gasteiger charge is -2.09. The Balaban J connectivity index is 2.04. The largest absolute Gasteiger partial charge is 0.480 e. The lowest BCUT2D eigenvalue weighted by molar-refractivity contribution is 0.385. The minimum absolute atomic E-state index is 0.290. The van der Waals surface area contributed by atoms with Crippen molar-refractivity contribution in [1.82, 2.24) is 20.2 Å². The summed E-state index contributed by atoms with van der Waals surface area (Å²) in [4.78, 5) is 27.6. The van der Waals surface area contributed by atoms with Gasteiger partial charge in [-0.3, -0.25) is 9.78 Å². The standard InChI is InChI=1S/C15H18N4O3/c1-7(2)8-4-9(8)10-5-12(18-19-14(10)22-3)11-6-16-15(21)17-13(11)20/h5-9H,4H2,1-3H3,(H2,16,17,20,21)/t8-,9+/m1/s1. The first-order chi connectivity index (χ1) is 10.5. The Morgan fingerprint density at radius 2 is 2.09 bits per heavy atom. The van der Waals surface area contributed by atoms with Crippen molar-refractivity contribution in [2.24, 2.45) is 11.8 Å². The van der Waals surface area contributed by atoms with E-state index in [1.165, 1.54) is 6.20 Å². The van der Waals surface area contributed by atoms with Gasteiger partial charge in [0.15, 0.2) is 0 Å². The van der Waals surface area contributed by atoms with Crippen LogP contribution in [-0.2, 0) is 0 Å². The van der Waals surface area contributed by atoms with Gasteiger partial charge in [-0.05, 0) is 30.2 Å². The number of aromatic nitrogens is 4. The van der Waals surface area contributed by atoms with Gasteiger partial charge in [0.2, 0.25) is 5.88 Å². The van der Waals surface area contributed by atoms with Gasteiger partial charge in [0.05, 0.1) is 12.7 Å². The third-order valence-corrected chi connectivity index (χ3v) is 4.17. The fraction of sp³-hybridized carbons (Fsp3) is 0.467. The molecule has 0 unspecified atom stereocenters. The molecule has 1 aliphatic carbocycles. The second kappa shape index (κ2) is 5.40. The first-order valence-electron chi connectivity index (χ1n) is 7.25. The molecule has 1 saturated carbocycles. The topological polar surface area (TPSA) is 101 Å². The van der Waals surface area contributed by atoms with Crippen LogP contribution in [0.4, 0.5) is 0 Å². The zero-order valence-electron chi connectivity index (χ0n) is 12.7. The third-order valence-electron chi connectivity index (χ3n) is 4.17. The van der Waals surface area contributed by atoms with Gasteiger partial charge in [0, 0.05) is 11.8 Å². The Morgan fingerprint density at radius 3 is 2.68 bits per heavy atom. The predicted molar refractivity (Wildman–Crippen MR) is 80.9 cm³/mol. The lowest BCUT2D eigenvalue weighted by Crippen LogP contribution is -2.23. The lowest BCUT2D eigenvalue weighted by atomic mass is 10.0. The predicted octanol–water partition coefficient (Wildman–Crippen LogP) is 1.29. The maximum Gasteiger partial charge on any atom is 0.325 e. The van der Waals surface area contributed by atoms with Crippen molar-refractivity contribution in [2.75, 3.05) is 7.11 Å². The number of H-pyrrole nitrogens is 2. The van der Waals surface area contributed by atoms with Crippen LogP contribution < -0.4 is 16.0 Å². The molecule has 22 heavy (non-hydrogen) atoms. The van der Waals surface area contributed by atoms with Crippen LogP contribution in [-0.4, -0.2) is 27.3 Å². The summed E-state index contributed by atoms with van der Waals surface area (Å²) in [5.41, 5.74) is 0.667. The molecular weight excluding hydrogens is 284 g/mol. The van der Waals surface area contributed by atoms with Crippen LogP contribution in [0.25, 0.3) is 11.3 Å². The van der Waals surface area contributed by atoms with Crippen molar-refractivity contribution in [3.05, 3.63) is 38.7 Å². The molecule has 1 aliphatic rings. The van der Waals surface area contributed by atoms with Crippen molar-refractivity contribution in [3.8, 4) is 17.1 Å². The van der Waals surface area contributed by atoms with E-state index in [9.17, 15) is 9.59 Å². The van der Waals surface area contributed by atoms with E-state index < -0.39 is 11.2 Å². The first-order valence-corrected chi connectivity index (χ1v) is 7.25. The van der Waals surface area contributed by atoms with E-state index in [-0.39, 0.29) is 5.56 Å². The highest BCUT2D eigenvalue weighted by Crippen LogP contribution is 2.53. The number of hydrogen-bond donors (Lipinski definition) is 2. The van der Waals surface area contributed by atoms with Crippen molar-refractivity contribution in [2.45, 2.75) is 26.2 Å². The highest BCUT2D eigenvalue weighted by molar-refractivity contribution is 5.58. The molecule has 2 atom stereocenters. The molecule has 0 saturated heterocycles. The Morgan fingerprint density at radius 1 is 1.32 bits per heavy atom. The summed E-state index contributed by atoms with van der Waals surface area (Å²) in [5.74, 6) is 2.06. The summed E-state index contributed by atoms with van der Waals surface area (Å²) in [5, 5.41) is 8.11. The van der Waals surface area contributed by atoms with Gasteiger partial charge < -0.3 is 9.72 Å². The normalized spacial score (nSPS) is 20.2. The third kappa shape index (κ3) is 2.54. The smallest absolute Gasteiger partial charge is 0.325 e. The number of rotatable bonds is 4. The van der Waals surface area contributed by atoms with Crippen molar-refractivity contribution < 1.29 is 4.74 Å². The van der Waals surface area contributed by atoms with E-state index in [1.54, 1.807) is 7.11 Å². The van der Waals surface area contributed by atoms with Gasteiger partial charge in [-0.15, -0.1) is 10.2 Å². The molecule has 116 valence electrons. The molecular formula is C15H18N4O3.